The second-order valence-electron chi connectivity index (χ2n) is 6.42. The molecule has 4 heteroatoms. The minimum Gasteiger partial charge on any atom is -0.368 e. The van der Waals surface area contributed by atoms with Gasteiger partial charge in [-0.25, -0.2) is 0 Å². The number of allylic oxidation sites excluding steroid dienone is 3. The number of nitrogens with zero attached hydrogens (tertiary/aromatic N) is 3. The number of anilines is 1. The highest BCUT2D eigenvalue weighted by atomic mass is 16.2. The number of carbonyl (C=O) groups excluding carboxylic acids is 1. The molecule has 148 valence electrons. The third-order valence-corrected chi connectivity index (χ3v) is 4.65. The molecule has 1 aliphatic heterocycles. The smallest absolute Gasteiger partial charge is 0.222 e. The van der Waals surface area contributed by atoms with E-state index in [2.05, 4.69) is 53.9 Å². The third kappa shape index (κ3) is 7.81. The van der Waals surface area contributed by atoms with Crippen LogP contribution in [0.4, 0.5) is 5.69 Å². The lowest BCUT2D eigenvalue weighted by Crippen LogP contribution is -2.48. The molecule has 4 nitrogen and oxygen atoms in total. The lowest BCUT2D eigenvalue weighted by Gasteiger charge is -2.36. The van der Waals surface area contributed by atoms with Gasteiger partial charge in [0.25, 0.3) is 0 Å². The molecular formula is C23H35N3O. The van der Waals surface area contributed by atoms with Crippen LogP contribution in [0.2, 0.25) is 0 Å². The molecule has 1 aromatic rings. The Labute approximate surface area is 165 Å². The summed E-state index contributed by atoms with van der Waals surface area (Å²) in [7, 11) is 0. The van der Waals surface area contributed by atoms with Gasteiger partial charge in [-0.15, -0.1) is 0 Å². The van der Waals surface area contributed by atoms with Crippen molar-refractivity contribution in [1.29, 1.82) is 0 Å². The molecule has 0 radical (unpaired) electrons. The van der Waals surface area contributed by atoms with E-state index in [0.717, 1.165) is 39.0 Å². The number of benzene rings is 1. The first kappa shape index (κ1) is 22.7. The highest BCUT2D eigenvalue weighted by Crippen LogP contribution is 2.18. The van der Waals surface area contributed by atoms with Gasteiger partial charge in [0.1, 0.15) is 0 Å². The summed E-state index contributed by atoms with van der Waals surface area (Å²) in [6.07, 6.45) is 8.10. The Morgan fingerprint density at radius 1 is 1.11 bits per heavy atom. The van der Waals surface area contributed by atoms with Crippen LogP contribution < -0.4 is 4.90 Å². The molecule has 2 rings (SSSR count). The SMILES string of the molecule is C=N/C=C\C(=C/C)CCCC(=O)N1CCN(c2ccc(C)cc2)CC1.CC. The molecule has 0 spiro atoms. The Balaban J connectivity index is 0.00000176. The van der Waals surface area contributed by atoms with Gasteiger partial charge in [-0.3, -0.25) is 9.79 Å². The molecule has 1 amide bonds. The number of rotatable bonds is 7. The summed E-state index contributed by atoms with van der Waals surface area (Å²) in [6.45, 7) is 15.0. The van der Waals surface area contributed by atoms with Crippen LogP contribution in [0.25, 0.3) is 0 Å². The summed E-state index contributed by atoms with van der Waals surface area (Å²) in [5, 5.41) is 0. The molecule has 1 saturated heterocycles. The maximum Gasteiger partial charge on any atom is 0.222 e. The molecule has 1 heterocycles. The molecule has 1 aliphatic rings. The van der Waals surface area contributed by atoms with E-state index >= 15 is 0 Å². The van der Waals surface area contributed by atoms with E-state index in [4.69, 9.17) is 0 Å². The van der Waals surface area contributed by atoms with Gasteiger partial charge in [-0.05, 0) is 51.6 Å². The number of hydrogen-bond acceptors (Lipinski definition) is 3. The van der Waals surface area contributed by atoms with Gasteiger partial charge < -0.3 is 9.80 Å². The first-order chi connectivity index (χ1) is 13.1. The molecular weight excluding hydrogens is 334 g/mol. The van der Waals surface area contributed by atoms with E-state index in [0.29, 0.717) is 6.42 Å². The van der Waals surface area contributed by atoms with Gasteiger partial charge >= 0.3 is 0 Å². The summed E-state index contributed by atoms with van der Waals surface area (Å²) < 4.78 is 0. The average Bonchev–Trinajstić information content (AvgIpc) is 2.72. The van der Waals surface area contributed by atoms with Crippen LogP contribution in [0.1, 0.15) is 45.6 Å². The first-order valence-electron chi connectivity index (χ1n) is 10.0. The van der Waals surface area contributed by atoms with Crippen molar-refractivity contribution >= 4 is 18.3 Å². The molecule has 0 N–H and O–H groups in total. The van der Waals surface area contributed by atoms with Gasteiger partial charge in [-0.2, -0.15) is 0 Å². The normalized spacial score (nSPS) is 14.7. The van der Waals surface area contributed by atoms with Gasteiger partial charge in [0.05, 0.1) is 0 Å². The fourth-order valence-electron chi connectivity index (χ4n) is 3.04. The zero-order chi connectivity index (χ0) is 20.1. The Kier molecular flexibility index (Phi) is 10.8. The Hall–Kier alpha value is -2.36. The fraction of sp³-hybridized carbons (Fsp3) is 0.478. The summed E-state index contributed by atoms with van der Waals surface area (Å²) in [5.41, 5.74) is 3.72. The monoisotopic (exact) mass is 369 g/mol. The molecule has 0 atom stereocenters. The summed E-state index contributed by atoms with van der Waals surface area (Å²) in [4.78, 5) is 20.5. The lowest BCUT2D eigenvalue weighted by atomic mass is 10.1. The van der Waals surface area contributed by atoms with E-state index in [1.807, 2.05) is 31.7 Å². The Bertz CT molecular complexity index is 624. The van der Waals surface area contributed by atoms with Crippen LogP contribution in [0, 0.1) is 6.92 Å². The third-order valence-electron chi connectivity index (χ3n) is 4.65. The molecule has 0 aliphatic carbocycles. The predicted molar refractivity (Wildman–Crippen MR) is 118 cm³/mol. The highest BCUT2D eigenvalue weighted by molar-refractivity contribution is 5.76. The van der Waals surface area contributed by atoms with Crippen molar-refractivity contribution in [2.45, 2.75) is 47.0 Å². The molecule has 0 saturated carbocycles. The molecule has 0 unspecified atom stereocenters. The van der Waals surface area contributed by atoms with Gasteiger partial charge in [0, 0.05) is 44.5 Å². The van der Waals surface area contributed by atoms with Crippen LogP contribution in [-0.4, -0.2) is 43.7 Å². The number of carbonyl (C=O) groups is 1. The van der Waals surface area contributed by atoms with Crippen LogP contribution in [-0.2, 0) is 4.79 Å². The maximum atomic E-state index is 12.4. The first-order valence-corrected chi connectivity index (χ1v) is 10.0. The topological polar surface area (TPSA) is 35.9 Å². The quantitative estimate of drug-likeness (QED) is 0.501. The Morgan fingerprint density at radius 3 is 2.30 bits per heavy atom. The van der Waals surface area contributed by atoms with Gasteiger partial charge in [-0.1, -0.05) is 43.2 Å². The average molecular weight is 370 g/mol. The summed E-state index contributed by atoms with van der Waals surface area (Å²) >= 11 is 0. The molecule has 1 fully saturated rings. The van der Waals surface area contributed by atoms with Crippen molar-refractivity contribution in [2.75, 3.05) is 31.1 Å². The van der Waals surface area contributed by atoms with E-state index in [-0.39, 0.29) is 5.91 Å². The van der Waals surface area contributed by atoms with Crippen molar-refractivity contribution in [3.63, 3.8) is 0 Å². The fourth-order valence-corrected chi connectivity index (χ4v) is 3.04. The maximum absolute atomic E-state index is 12.4. The largest absolute Gasteiger partial charge is 0.368 e. The van der Waals surface area contributed by atoms with Crippen LogP contribution in [0.3, 0.4) is 0 Å². The van der Waals surface area contributed by atoms with Crippen molar-refractivity contribution in [1.82, 2.24) is 4.90 Å². The second kappa shape index (κ2) is 12.9. The van der Waals surface area contributed by atoms with Crippen LogP contribution in [0.5, 0.6) is 0 Å². The predicted octanol–water partition coefficient (Wildman–Crippen LogP) is 5.00. The standard InChI is InChI=1S/C21H29N3O.C2H6/c1-4-19(12-13-22-3)6-5-7-21(25)24-16-14-23(15-17-24)20-10-8-18(2)9-11-20;1-2/h4,8-13H,3,5-7,14-17H2,1-2H3;1-2H3/b13-12-,19-4-;. The molecule has 0 bridgehead atoms. The molecule has 27 heavy (non-hydrogen) atoms. The minimum absolute atomic E-state index is 0.268. The van der Waals surface area contributed by atoms with E-state index < -0.39 is 0 Å². The zero-order valence-corrected chi connectivity index (χ0v) is 17.4. The molecule has 1 aromatic carbocycles. The Morgan fingerprint density at radius 2 is 1.74 bits per heavy atom. The second-order valence-corrected chi connectivity index (χ2v) is 6.42. The van der Waals surface area contributed by atoms with Gasteiger partial charge in [0.2, 0.25) is 5.91 Å². The van der Waals surface area contributed by atoms with E-state index in [9.17, 15) is 4.79 Å². The molecule has 0 aromatic heterocycles. The zero-order valence-electron chi connectivity index (χ0n) is 17.4. The summed E-state index contributed by atoms with van der Waals surface area (Å²) in [6, 6.07) is 8.61. The van der Waals surface area contributed by atoms with Crippen molar-refractivity contribution in [2.24, 2.45) is 4.99 Å². The van der Waals surface area contributed by atoms with Crippen LogP contribution >= 0.6 is 0 Å². The highest BCUT2D eigenvalue weighted by Gasteiger charge is 2.20. The lowest BCUT2D eigenvalue weighted by molar-refractivity contribution is -0.131. The van der Waals surface area contributed by atoms with Crippen molar-refractivity contribution < 1.29 is 4.79 Å². The van der Waals surface area contributed by atoms with Crippen molar-refractivity contribution in [3.8, 4) is 0 Å². The number of aryl methyl sites for hydroxylation is 1. The number of aliphatic imine (C=N–C) groups is 1. The number of piperazine rings is 1. The number of amides is 1. The minimum atomic E-state index is 0.268. The van der Waals surface area contributed by atoms with Crippen LogP contribution in [0.15, 0.2) is 53.2 Å². The van der Waals surface area contributed by atoms with Gasteiger partial charge in [0.15, 0.2) is 0 Å². The van der Waals surface area contributed by atoms with E-state index in [1.54, 1.807) is 6.20 Å². The van der Waals surface area contributed by atoms with Crippen molar-refractivity contribution in [3.05, 3.63) is 53.8 Å². The summed E-state index contributed by atoms with van der Waals surface area (Å²) in [5.74, 6) is 0.268. The number of hydrogen-bond donors (Lipinski definition) is 0. The van der Waals surface area contributed by atoms with E-state index in [1.165, 1.54) is 16.8 Å².